The molecule has 0 aromatic heterocycles. The normalized spacial score (nSPS) is 13.8. The number of benzene rings is 1. The van der Waals surface area contributed by atoms with E-state index in [9.17, 15) is 0 Å². The van der Waals surface area contributed by atoms with Gasteiger partial charge in [-0.05, 0) is 49.2 Å². The Balaban J connectivity index is 2.65. The van der Waals surface area contributed by atoms with Crippen LogP contribution < -0.4 is 5.32 Å². The molecule has 0 fully saturated rings. The van der Waals surface area contributed by atoms with Gasteiger partial charge in [0.2, 0.25) is 0 Å². The SMILES string of the molecule is Cc1cccc(CC(CNCC(C)C)C(C)(C)C)c1. The lowest BCUT2D eigenvalue weighted by atomic mass is 9.77. The molecule has 1 rings (SSSR count). The Bertz CT molecular complexity index is 374. The average molecular weight is 261 g/mol. The van der Waals surface area contributed by atoms with Crippen LogP contribution in [0.2, 0.25) is 0 Å². The van der Waals surface area contributed by atoms with Crippen LogP contribution in [-0.2, 0) is 6.42 Å². The van der Waals surface area contributed by atoms with E-state index in [0.717, 1.165) is 25.4 Å². The minimum Gasteiger partial charge on any atom is -0.316 e. The fourth-order valence-corrected chi connectivity index (χ4v) is 2.35. The summed E-state index contributed by atoms with van der Waals surface area (Å²) in [6.45, 7) is 16.0. The number of hydrogen-bond acceptors (Lipinski definition) is 1. The number of nitrogens with one attached hydrogen (secondary N) is 1. The van der Waals surface area contributed by atoms with E-state index in [2.05, 4.69) is 71.1 Å². The van der Waals surface area contributed by atoms with E-state index in [4.69, 9.17) is 0 Å². The van der Waals surface area contributed by atoms with Crippen molar-refractivity contribution in [3.05, 3.63) is 35.4 Å². The lowest BCUT2D eigenvalue weighted by Gasteiger charge is -2.31. The van der Waals surface area contributed by atoms with Gasteiger partial charge < -0.3 is 5.32 Å². The van der Waals surface area contributed by atoms with Crippen molar-refractivity contribution in [2.75, 3.05) is 13.1 Å². The molecule has 1 N–H and O–H groups in total. The van der Waals surface area contributed by atoms with Crippen LogP contribution in [0.5, 0.6) is 0 Å². The summed E-state index contributed by atoms with van der Waals surface area (Å²) in [5, 5.41) is 3.63. The predicted octanol–water partition coefficient (Wildman–Crippen LogP) is 4.45. The van der Waals surface area contributed by atoms with Crippen LogP contribution in [0.15, 0.2) is 24.3 Å². The molecular formula is C18H31N. The first-order valence-corrected chi connectivity index (χ1v) is 7.55. The van der Waals surface area contributed by atoms with Crippen molar-refractivity contribution in [1.82, 2.24) is 5.32 Å². The lowest BCUT2D eigenvalue weighted by Crippen LogP contribution is -2.35. The molecule has 0 aliphatic heterocycles. The van der Waals surface area contributed by atoms with Crippen molar-refractivity contribution in [1.29, 1.82) is 0 Å². The number of aryl methyl sites for hydroxylation is 1. The van der Waals surface area contributed by atoms with Gasteiger partial charge in [-0.1, -0.05) is 64.4 Å². The first kappa shape index (κ1) is 16.2. The Morgan fingerprint density at radius 1 is 1.11 bits per heavy atom. The van der Waals surface area contributed by atoms with Gasteiger partial charge in [0, 0.05) is 0 Å². The third-order valence-electron chi connectivity index (χ3n) is 3.73. The van der Waals surface area contributed by atoms with Crippen LogP contribution in [-0.4, -0.2) is 13.1 Å². The van der Waals surface area contributed by atoms with Crippen molar-refractivity contribution in [3.8, 4) is 0 Å². The average Bonchev–Trinajstić information content (AvgIpc) is 2.26. The molecule has 0 radical (unpaired) electrons. The maximum Gasteiger partial charge on any atom is -0.00122 e. The van der Waals surface area contributed by atoms with Crippen LogP contribution in [0.3, 0.4) is 0 Å². The van der Waals surface area contributed by atoms with Gasteiger partial charge in [-0.3, -0.25) is 0 Å². The van der Waals surface area contributed by atoms with E-state index < -0.39 is 0 Å². The quantitative estimate of drug-likeness (QED) is 0.798. The van der Waals surface area contributed by atoms with Crippen LogP contribution in [0.25, 0.3) is 0 Å². The zero-order valence-corrected chi connectivity index (χ0v) is 13.6. The number of hydrogen-bond donors (Lipinski definition) is 1. The fourth-order valence-electron chi connectivity index (χ4n) is 2.35. The molecule has 0 bridgehead atoms. The Hall–Kier alpha value is -0.820. The maximum absolute atomic E-state index is 3.63. The summed E-state index contributed by atoms with van der Waals surface area (Å²) >= 11 is 0. The molecule has 0 saturated carbocycles. The Morgan fingerprint density at radius 3 is 2.32 bits per heavy atom. The Morgan fingerprint density at radius 2 is 1.79 bits per heavy atom. The molecule has 1 unspecified atom stereocenters. The molecule has 1 aromatic rings. The van der Waals surface area contributed by atoms with Gasteiger partial charge in [0.25, 0.3) is 0 Å². The number of rotatable bonds is 6. The minimum absolute atomic E-state index is 0.341. The van der Waals surface area contributed by atoms with Crippen molar-refractivity contribution >= 4 is 0 Å². The van der Waals surface area contributed by atoms with Crippen molar-refractivity contribution in [2.45, 2.75) is 48.0 Å². The molecule has 0 aliphatic carbocycles. The minimum atomic E-state index is 0.341. The van der Waals surface area contributed by atoms with Gasteiger partial charge in [0.1, 0.15) is 0 Å². The molecule has 0 amide bonds. The first-order chi connectivity index (χ1) is 8.79. The van der Waals surface area contributed by atoms with E-state index in [1.807, 2.05) is 0 Å². The molecule has 1 nitrogen and oxygen atoms in total. The molecule has 0 saturated heterocycles. The summed E-state index contributed by atoms with van der Waals surface area (Å²) in [4.78, 5) is 0. The van der Waals surface area contributed by atoms with E-state index in [-0.39, 0.29) is 0 Å². The van der Waals surface area contributed by atoms with Gasteiger partial charge in [-0.25, -0.2) is 0 Å². The van der Waals surface area contributed by atoms with Gasteiger partial charge >= 0.3 is 0 Å². The third-order valence-corrected chi connectivity index (χ3v) is 3.73. The van der Waals surface area contributed by atoms with E-state index in [0.29, 0.717) is 11.3 Å². The molecule has 19 heavy (non-hydrogen) atoms. The molecule has 0 heterocycles. The van der Waals surface area contributed by atoms with E-state index >= 15 is 0 Å². The zero-order chi connectivity index (χ0) is 14.5. The van der Waals surface area contributed by atoms with Gasteiger partial charge in [0.05, 0.1) is 0 Å². The smallest absolute Gasteiger partial charge is 0.00122 e. The summed E-state index contributed by atoms with van der Waals surface area (Å²) in [6, 6.07) is 8.92. The Labute approximate surface area is 119 Å². The summed E-state index contributed by atoms with van der Waals surface area (Å²) in [6.07, 6.45) is 1.16. The molecule has 0 spiro atoms. The van der Waals surface area contributed by atoms with Crippen molar-refractivity contribution in [2.24, 2.45) is 17.3 Å². The summed E-state index contributed by atoms with van der Waals surface area (Å²) in [5.74, 6) is 1.40. The highest BCUT2D eigenvalue weighted by atomic mass is 14.9. The van der Waals surface area contributed by atoms with Crippen LogP contribution >= 0.6 is 0 Å². The summed E-state index contributed by atoms with van der Waals surface area (Å²) in [5.41, 5.74) is 3.17. The molecule has 1 aromatic carbocycles. The fraction of sp³-hybridized carbons (Fsp3) is 0.667. The van der Waals surface area contributed by atoms with Gasteiger partial charge in [-0.15, -0.1) is 0 Å². The standard InChI is InChI=1S/C18H31N/c1-14(2)12-19-13-17(18(4,5)6)11-16-9-7-8-15(3)10-16/h7-10,14,17,19H,11-13H2,1-6H3. The highest BCUT2D eigenvalue weighted by Crippen LogP contribution is 2.28. The predicted molar refractivity (Wildman–Crippen MR) is 85.5 cm³/mol. The van der Waals surface area contributed by atoms with Gasteiger partial charge in [-0.2, -0.15) is 0 Å². The molecular weight excluding hydrogens is 230 g/mol. The van der Waals surface area contributed by atoms with Crippen LogP contribution in [0, 0.1) is 24.2 Å². The molecule has 1 atom stereocenters. The van der Waals surface area contributed by atoms with Crippen molar-refractivity contribution < 1.29 is 0 Å². The second-order valence-corrected chi connectivity index (χ2v) is 7.31. The van der Waals surface area contributed by atoms with Crippen LogP contribution in [0.4, 0.5) is 0 Å². The molecule has 1 heteroatoms. The van der Waals surface area contributed by atoms with Crippen LogP contribution in [0.1, 0.15) is 45.7 Å². The van der Waals surface area contributed by atoms with E-state index in [1.165, 1.54) is 11.1 Å². The maximum atomic E-state index is 3.63. The molecule has 108 valence electrons. The Kier molecular flexibility index (Phi) is 6.06. The highest BCUT2D eigenvalue weighted by Gasteiger charge is 2.24. The summed E-state index contributed by atoms with van der Waals surface area (Å²) in [7, 11) is 0. The lowest BCUT2D eigenvalue weighted by molar-refractivity contribution is 0.228. The highest BCUT2D eigenvalue weighted by molar-refractivity contribution is 5.22. The third kappa shape index (κ3) is 6.24. The van der Waals surface area contributed by atoms with E-state index in [1.54, 1.807) is 0 Å². The van der Waals surface area contributed by atoms with Gasteiger partial charge in [0.15, 0.2) is 0 Å². The zero-order valence-electron chi connectivity index (χ0n) is 13.6. The second kappa shape index (κ2) is 7.09. The van der Waals surface area contributed by atoms with Crippen molar-refractivity contribution in [3.63, 3.8) is 0 Å². The summed E-state index contributed by atoms with van der Waals surface area (Å²) < 4.78 is 0. The second-order valence-electron chi connectivity index (χ2n) is 7.31. The topological polar surface area (TPSA) is 12.0 Å². The largest absolute Gasteiger partial charge is 0.316 e. The first-order valence-electron chi connectivity index (χ1n) is 7.55. The monoisotopic (exact) mass is 261 g/mol. The molecule has 0 aliphatic rings.